The molecule has 0 amide bonds. The number of rotatable bonds is 0. The van der Waals surface area contributed by atoms with Gasteiger partial charge in [0.1, 0.15) is 0 Å². The van der Waals surface area contributed by atoms with Crippen molar-refractivity contribution in [2.75, 3.05) is 0 Å². The minimum absolute atomic E-state index is 0.0928. The zero-order chi connectivity index (χ0) is 14.6. The van der Waals surface area contributed by atoms with Gasteiger partial charge in [-0.25, -0.2) is 0 Å². The standard InChI is InChI=1S/C21H15N/c1-21(2)16-9-5-3-7-12(16)14-11-15-13-8-4-6-10-17(13)22-19(15)20(22)18(14)21/h3-11H,1-2H3. The zero-order valence-electron chi connectivity index (χ0n) is 12.6. The van der Waals surface area contributed by atoms with Crippen LogP contribution in [0.15, 0.2) is 54.6 Å². The average molecular weight is 281 g/mol. The van der Waals surface area contributed by atoms with E-state index in [-0.39, 0.29) is 5.41 Å². The van der Waals surface area contributed by atoms with Crippen molar-refractivity contribution < 1.29 is 0 Å². The van der Waals surface area contributed by atoms with Crippen molar-refractivity contribution in [1.29, 1.82) is 0 Å². The summed E-state index contributed by atoms with van der Waals surface area (Å²) in [6.07, 6.45) is 0. The van der Waals surface area contributed by atoms with E-state index in [2.05, 4.69) is 73.0 Å². The Kier molecular flexibility index (Phi) is 1.57. The van der Waals surface area contributed by atoms with Gasteiger partial charge in [0.25, 0.3) is 0 Å². The van der Waals surface area contributed by atoms with E-state index in [0.717, 1.165) is 0 Å². The lowest BCUT2D eigenvalue weighted by Crippen LogP contribution is -2.15. The number of aromatic nitrogens is 1. The highest BCUT2D eigenvalue weighted by atomic mass is 15.1. The van der Waals surface area contributed by atoms with Gasteiger partial charge in [0.2, 0.25) is 0 Å². The Bertz CT molecular complexity index is 1140. The third-order valence-corrected chi connectivity index (χ3v) is 5.62. The topological polar surface area (TPSA) is 4.93 Å². The highest BCUT2D eigenvalue weighted by Gasteiger charge is 2.43. The lowest BCUT2D eigenvalue weighted by atomic mass is 9.82. The summed E-state index contributed by atoms with van der Waals surface area (Å²) >= 11 is 0. The van der Waals surface area contributed by atoms with Crippen molar-refractivity contribution in [3.05, 3.63) is 65.7 Å². The fourth-order valence-electron chi connectivity index (χ4n) is 4.64. The molecule has 0 bridgehead atoms. The second-order valence-corrected chi connectivity index (χ2v) is 7.07. The number of benzene rings is 3. The van der Waals surface area contributed by atoms with E-state index in [4.69, 9.17) is 0 Å². The number of hydrogen-bond acceptors (Lipinski definition) is 0. The van der Waals surface area contributed by atoms with Gasteiger partial charge >= 0.3 is 0 Å². The lowest BCUT2D eigenvalue weighted by molar-refractivity contribution is 0.661. The molecule has 22 heavy (non-hydrogen) atoms. The van der Waals surface area contributed by atoms with Gasteiger partial charge in [0.05, 0.1) is 16.7 Å². The van der Waals surface area contributed by atoms with Gasteiger partial charge in [0, 0.05) is 16.2 Å². The molecular weight excluding hydrogens is 266 g/mol. The maximum Gasteiger partial charge on any atom is 0.0786 e. The quantitative estimate of drug-likeness (QED) is 0.358. The fraction of sp³-hybridized carbons (Fsp3) is 0.143. The molecule has 6 rings (SSSR count). The van der Waals surface area contributed by atoms with Gasteiger partial charge in [-0.05, 0) is 34.4 Å². The molecule has 0 unspecified atom stereocenters. The smallest absolute Gasteiger partial charge is 0.0786 e. The first-order valence-corrected chi connectivity index (χ1v) is 7.90. The molecule has 0 N–H and O–H groups in total. The van der Waals surface area contributed by atoms with Gasteiger partial charge in [-0.2, -0.15) is 0 Å². The lowest BCUT2D eigenvalue weighted by Gasteiger charge is -2.21. The van der Waals surface area contributed by atoms with Crippen LogP contribution in [0.3, 0.4) is 0 Å². The van der Waals surface area contributed by atoms with Crippen molar-refractivity contribution in [2.24, 2.45) is 0 Å². The second kappa shape index (κ2) is 3.12. The van der Waals surface area contributed by atoms with E-state index in [0.29, 0.717) is 0 Å². The molecule has 1 aliphatic carbocycles. The molecule has 1 nitrogen and oxygen atoms in total. The van der Waals surface area contributed by atoms with Crippen molar-refractivity contribution in [3.8, 4) is 16.8 Å². The zero-order valence-corrected chi connectivity index (χ0v) is 12.6. The van der Waals surface area contributed by atoms with Crippen molar-refractivity contribution >= 4 is 21.8 Å². The van der Waals surface area contributed by atoms with Crippen molar-refractivity contribution in [1.82, 2.24) is 4.57 Å². The predicted octanol–water partition coefficient (Wildman–Crippen LogP) is 5.40. The third kappa shape index (κ3) is 0.980. The van der Waals surface area contributed by atoms with Gasteiger partial charge in [-0.15, -0.1) is 0 Å². The summed E-state index contributed by atoms with van der Waals surface area (Å²) in [6, 6.07) is 20.1. The van der Waals surface area contributed by atoms with E-state index in [1.807, 2.05) is 0 Å². The first-order chi connectivity index (χ1) is 10.7. The Balaban J connectivity index is 1.84. The number of nitrogens with zero attached hydrogens (tertiary/aromatic N) is 1. The third-order valence-electron chi connectivity index (χ3n) is 5.62. The van der Waals surface area contributed by atoms with E-state index in [9.17, 15) is 0 Å². The summed E-state index contributed by atoms with van der Waals surface area (Å²) in [7, 11) is 0. The number of pyridine rings is 1. The Labute approximate surface area is 128 Å². The number of fused-ring (bicyclic) bond motifs is 8. The summed E-state index contributed by atoms with van der Waals surface area (Å²) in [6.45, 7) is 4.73. The minimum atomic E-state index is 0.0928. The van der Waals surface area contributed by atoms with Gasteiger partial charge in [-0.3, -0.25) is 0 Å². The van der Waals surface area contributed by atoms with Crippen LogP contribution in [0, 0.1) is 0 Å². The SMILES string of the molecule is CC1(C)c2ccccc2-c2cc3c4ccccc4n4c3c-4c21. The van der Waals surface area contributed by atoms with Crippen LogP contribution < -0.4 is 0 Å². The number of hydrogen-bond donors (Lipinski definition) is 0. The summed E-state index contributed by atoms with van der Waals surface area (Å²) in [5, 5.41) is 2.80. The van der Waals surface area contributed by atoms with Crippen LogP contribution in [0.1, 0.15) is 25.0 Å². The molecule has 0 spiro atoms. The Morgan fingerprint density at radius 2 is 1.59 bits per heavy atom. The second-order valence-electron chi connectivity index (χ2n) is 7.07. The van der Waals surface area contributed by atoms with Crippen LogP contribution in [0.2, 0.25) is 0 Å². The van der Waals surface area contributed by atoms with E-state index < -0.39 is 0 Å². The van der Waals surface area contributed by atoms with Crippen LogP contribution in [-0.4, -0.2) is 4.57 Å². The van der Waals surface area contributed by atoms with Crippen LogP contribution >= 0.6 is 0 Å². The van der Waals surface area contributed by atoms with Crippen LogP contribution in [0.5, 0.6) is 0 Å². The van der Waals surface area contributed by atoms with E-state index in [1.165, 1.54) is 49.7 Å². The van der Waals surface area contributed by atoms with Crippen LogP contribution in [0.4, 0.5) is 0 Å². The van der Waals surface area contributed by atoms with Gasteiger partial charge in [0.15, 0.2) is 0 Å². The molecule has 1 aliphatic heterocycles. The molecule has 2 aliphatic rings. The molecule has 0 saturated heterocycles. The largest absolute Gasteiger partial charge is 0.305 e. The molecular formula is C21H15N. The average Bonchev–Trinajstić information content (AvgIpc) is 3.11. The molecule has 0 fully saturated rings. The van der Waals surface area contributed by atoms with E-state index in [1.54, 1.807) is 0 Å². The van der Waals surface area contributed by atoms with Crippen LogP contribution in [-0.2, 0) is 5.41 Å². The Hall–Kier alpha value is -2.54. The van der Waals surface area contributed by atoms with Crippen molar-refractivity contribution in [2.45, 2.75) is 19.3 Å². The highest BCUT2D eigenvalue weighted by molar-refractivity contribution is 6.21. The predicted molar refractivity (Wildman–Crippen MR) is 91.9 cm³/mol. The molecule has 4 aromatic rings. The molecule has 1 heteroatoms. The fourth-order valence-corrected chi connectivity index (χ4v) is 4.64. The first-order valence-electron chi connectivity index (χ1n) is 7.90. The number of para-hydroxylation sites is 1. The highest BCUT2D eigenvalue weighted by Crippen LogP contribution is 2.58. The monoisotopic (exact) mass is 281 g/mol. The van der Waals surface area contributed by atoms with Crippen molar-refractivity contribution in [3.63, 3.8) is 0 Å². The summed E-state index contributed by atoms with van der Waals surface area (Å²) in [4.78, 5) is 0. The van der Waals surface area contributed by atoms with Gasteiger partial charge in [-0.1, -0.05) is 56.3 Å². The molecule has 1 aromatic heterocycles. The summed E-state index contributed by atoms with van der Waals surface area (Å²) in [5.74, 6) is 0. The molecule has 0 radical (unpaired) electrons. The van der Waals surface area contributed by atoms with Crippen LogP contribution in [0.25, 0.3) is 38.6 Å². The van der Waals surface area contributed by atoms with Gasteiger partial charge < -0.3 is 4.57 Å². The molecule has 3 aromatic carbocycles. The normalized spacial score (nSPS) is 16.1. The molecule has 2 heterocycles. The molecule has 104 valence electrons. The van der Waals surface area contributed by atoms with E-state index >= 15 is 0 Å². The minimum Gasteiger partial charge on any atom is -0.305 e. The maximum atomic E-state index is 2.46. The molecule has 0 saturated carbocycles. The Morgan fingerprint density at radius 1 is 0.818 bits per heavy atom. The summed E-state index contributed by atoms with van der Waals surface area (Å²) in [5.41, 5.74) is 10.2. The molecule has 0 atom stereocenters. The summed E-state index contributed by atoms with van der Waals surface area (Å²) < 4.78 is 2.46. The Morgan fingerprint density at radius 3 is 2.50 bits per heavy atom. The maximum absolute atomic E-state index is 2.46. The first kappa shape index (κ1) is 11.1.